The summed E-state index contributed by atoms with van der Waals surface area (Å²) in [7, 11) is 3.20. The van der Waals surface area contributed by atoms with Crippen molar-refractivity contribution >= 4 is 11.4 Å². The van der Waals surface area contributed by atoms with Crippen LogP contribution in [0.5, 0.6) is 11.5 Å². The Morgan fingerprint density at radius 2 is 1.94 bits per heavy atom. The molecule has 1 heterocycles. The van der Waals surface area contributed by atoms with Gasteiger partial charge in [0.25, 0.3) is 0 Å². The van der Waals surface area contributed by atoms with Crippen molar-refractivity contribution in [3.05, 3.63) is 83.7 Å². The Bertz CT molecular complexity index is 1070. The second-order valence-corrected chi connectivity index (χ2v) is 8.25. The summed E-state index contributed by atoms with van der Waals surface area (Å²) in [5.41, 5.74) is 4.41. The van der Waals surface area contributed by atoms with E-state index in [1.807, 2.05) is 18.2 Å². The highest BCUT2D eigenvalue weighted by molar-refractivity contribution is 5.71. The van der Waals surface area contributed by atoms with Crippen LogP contribution in [0.1, 0.15) is 24.1 Å². The topological polar surface area (TPSA) is 43.0 Å². The summed E-state index contributed by atoms with van der Waals surface area (Å²) < 4.78 is 30.5. The van der Waals surface area contributed by atoms with Gasteiger partial charge >= 0.3 is 0 Å². The van der Waals surface area contributed by atoms with Gasteiger partial charge in [0.05, 0.1) is 25.9 Å². The predicted octanol–water partition coefficient (Wildman–Crippen LogP) is 5.27. The predicted molar refractivity (Wildman–Crippen MR) is 129 cm³/mol. The van der Waals surface area contributed by atoms with Crippen LogP contribution in [-0.2, 0) is 11.2 Å². The molecule has 0 fully saturated rings. The Morgan fingerprint density at radius 1 is 1.09 bits per heavy atom. The molecule has 2 atom stereocenters. The molecule has 0 aliphatic carbocycles. The second-order valence-electron chi connectivity index (χ2n) is 8.25. The molecular weight excluding hydrogens is 419 g/mol. The highest BCUT2D eigenvalue weighted by Gasteiger charge is 2.27. The van der Waals surface area contributed by atoms with Gasteiger partial charge in [0, 0.05) is 25.4 Å². The lowest BCUT2D eigenvalue weighted by molar-refractivity contribution is 0.190. The minimum atomic E-state index is -0.357. The standard InChI is InChI=1S/C27H31FN2O3/c1-19(21-11-12-24(28)27(16-21)32-3)29-17-23-18-30(25-9-4-5-10-26(25)33-23)22-8-6-7-20(15-22)13-14-31-2/h4-12,15-16,19,23,29H,13-14,17-18H2,1-3H3. The third-order valence-electron chi connectivity index (χ3n) is 5.98. The van der Waals surface area contributed by atoms with Gasteiger partial charge in [0.15, 0.2) is 11.6 Å². The highest BCUT2D eigenvalue weighted by atomic mass is 19.1. The van der Waals surface area contributed by atoms with Gasteiger partial charge in [-0.3, -0.25) is 0 Å². The quantitative estimate of drug-likeness (QED) is 0.481. The normalized spacial score (nSPS) is 16.1. The number of hydrogen-bond donors (Lipinski definition) is 1. The zero-order valence-corrected chi connectivity index (χ0v) is 19.4. The summed E-state index contributed by atoms with van der Waals surface area (Å²) in [6.45, 7) is 4.12. The van der Waals surface area contributed by atoms with Crippen LogP contribution >= 0.6 is 0 Å². The largest absolute Gasteiger partial charge is 0.494 e. The number of methoxy groups -OCH3 is 2. The van der Waals surface area contributed by atoms with Crippen molar-refractivity contribution in [3.63, 3.8) is 0 Å². The van der Waals surface area contributed by atoms with E-state index in [1.54, 1.807) is 19.2 Å². The molecule has 0 saturated heterocycles. The van der Waals surface area contributed by atoms with E-state index in [4.69, 9.17) is 14.2 Å². The molecule has 1 aliphatic heterocycles. The molecule has 33 heavy (non-hydrogen) atoms. The van der Waals surface area contributed by atoms with E-state index in [0.29, 0.717) is 13.2 Å². The molecule has 3 aromatic carbocycles. The number of hydrogen-bond acceptors (Lipinski definition) is 5. The van der Waals surface area contributed by atoms with Crippen molar-refractivity contribution in [2.24, 2.45) is 0 Å². The molecule has 5 nitrogen and oxygen atoms in total. The number of ether oxygens (including phenoxy) is 3. The average Bonchev–Trinajstić information content (AvgIpc) is 2.86. The Labute approximate surface area is 195 Å². The van der Waals surface area contributed by atoms with E-state index in [-0.39, 0.29) is 23.7 Å². The van der Waals surface area contributed by atoms with Gasteiger partial charge in [-0.05, 0) is 60.9 Å². The third kappa shape index (κ3) is 5.46. The zero-order chi connectivity index (χ0) is 23.2. The molecule has 2 unspecified atom stereocenters. The Hall–Kier alpha value is -3.09. The van der Waals surface area contributed by atoms with E-state index in [0.717, 1.165) is 35.7 Å². The maximum absolute atomic E-state index is 13.8. The van der Waals surface area contributed by atoms with Gasteiger partial charge in [0.2, 0.25) is 0 Å². The van der Waals surface area contributed by atoms with Crippen molar-refractivity contribution in [1.29, 1.82) is 0 Å². The van der Waals surface area contributed by atoms with Crippen LogP contribution in [0.2, 0.25) is 0 Å². The van der Waals surface area contributed by atoms with Crippen molar-refractivity contribution in [2.45, 2.75) is 25.5 Å². The van der Waals surface area contributed by atoms with Crippen LogP contribution in [0.4, 0.5) is 15.8 Å². The number of benzene rings is 3. The van der Waals surface area contributed by atoms with Crippen LogP contribution in [0, 0.1) is 5.82 Å². The van der Waals surface area contributed by atoms with E-state index in [1.165, 1.54) is 18.7 Å². The minimum absolute atomic E-state index is 0.0195. The Balaban J connectivity index is 1.49. The van der Waals surface area contributed by atoms with E-state index in [9.17, 15) is 4.39 Å². The summed E-state index contributed by atoms with van der Waals surface area (Å²) in [5, 5.41) is 3.54. The van der Waals surface area contributed by atoms with E-state index >= 15 is 0 Å². The first-order valence-electron chi connectivity index (χ1n) is 11.3. The molecular formula is C27H31FN2O3. The number of anilines is 2. The average molecular weight is 451 g/mol. The lowest BCUT2D eigenvalue weighted by atomic mass is 10.1. The highest BCUT2D eigenvalue weighted by Crippen LogP contribution is 2.38. The number of fused-ring (bicyclic) bond motifs is 1. The van der Waals surface area contributed by atoms with Crippen molar-refractivity contribution in [2.75, 3.05) is 38.8 Å². The molecule has 0 amide bonds. The molecule has 0 radical (unpaired) electrons. The maximum atomic E-state index is 13.8. The number of rotatable bonds is 9. The summed E-state index contributed by atoms with van der Waals surface area (Å²) in [6.07, 6.45) is 0.826. The third-order valence-corrected chi connectivity index (χ3v) is 5.98. The van der Waals surface area contributed by atoms with Crippen LogP contribution in [0.3, 0.4) is 0 Å². The first kappa shape index (κ1) is 23.1. The lowest BCUT2D eigenvalue weighted by Gasteiger charge is -2.37. The summed E-state index contributed by atoms with van der Waals surface area (Å²) in [4.78, 5) is 2.31. The Morgan fingerprint density at radius 3 is 2.76 bits per heavy atom. The smallest absolute Gasteiger partial charge is 0.165 e. The summed E-state index contributed by atoms with van der Waals surface area (Å²) >= 11 is 0. The number of halogens is 1. The Kier molecular flexibility index (Phi) is 7.47. The first-order valence-corrected chi connectivity index (χ1v) is 11.3. The van der Waals surface area contributed by atoms with E-state index < -0.39 is 0 Å². The van der Waals surface area contributed by atoms with Crippen LogP contribution in [0.15, 0.2) is 66.7 Å². The fourth-order valence-electron chi connectivity index (χ4n) is 4.12. The SMILES string of the molecule is COCCc1cccc(N2CC(CNC(C)c3ccc(F)c(OC)c3)Oc3ccccc32)c1. The fraction of sp³-hybridized carbons (Fsp3) is 0.333. The zero-order valence-electron chi connectivity index (χ0n) is 19.4. The van der Waals surface area contributed by atoms with Gasteiger partial charge in [0.1, 0.15) is 11.9 Å². The number of para-hydroxylation sites is 2. The lowest BCUT2D eigenvalue weighted by Crippen LogP contribution is -2.44. The van der Waals surface area contributed by atoms with Gasteiger partial charge in [-0.1, -0.05) is 30.3 Å². The maximum Gasteiger partial charge on any atom is 0.165 e. The van der Waals surface area contributed by atoms with Crippen LogP contribution in [-0.4, -0.2) is 40.0 Å². The van der Waals surface area contributed by atoms with Gasteiger partial charge in [-0.15, -0.1) is 0 Å². The van der Waals surface area contributed by atoms with Crippen molar-refractivity contribution < 1.29 is 18.6 Å². The molecule has 0 spiro atoms. The summed E-state index contributed by atoms with van der Waals surface area (Å²) in [6, 6.07) is 21.7. The molecule has 4 rings (SSSR count). The second kappa shape index (κ2) is 10.7. The van der Waals surface area contributed by atoms with E-state index in [2.05, 4.69) is 47.5 Å². The molecule has 1 aliphatic rings. The summed E-state index contributed by atoms with van der Waals surface area (Å²) in [5.74, 6) is 0.765. The minimum Gasteiger partial charge on any atom is -0.494 e. The fourth-order valence-corrected chi connectivity index (χ4v) is 4.12. The molecule has 0 bridgehead atoms. The monoisotopic (exact) mass is 450 g/mol. The van der Waals surface area contributed by atoms with Gasteiger partial charge < -0.3 is 24.4 Å². The number of nitrogens with zero attached hydrogens (tertiary/aromatic N) is 1. The van der Waals surface area contributed by atoms with Crippen molar-refractivity contribution in [1.82, 2.24) is 5.32 Å². The van der Waals surface area contributed by atoms with Crippen LogP contribution in [0.25, 0.3) is 0 Å². The molecule has 3 aromatic rings. The van der Waals surface area contributed by atoms with Gasteiger partial charge in [-0.25, -0.2) is 4.39 Å². The first-order chi connectivity index (χ1) is 16.1. The van der Waals surface area contributed by atoms with Crippen molar-refractivity contribution in [3.8, 4) is 11.5 Å². The molecule has 6 heteroatoms. The molecule has 0 saturated carbocycles. The molecule has 174 valence electrons. The molecule has 1 N–H and O–H groups in total. The van der Waals surface area contributed by atoms with Gasteiger partial charge in [-0.2, -0.15) is 0 Å². The number of nitrogens with one attached hydrogen (secondary N) is 1. The van der Waals surface area contributed by atoms with Crippen LogP contribution < -0.4 is 19.7 Å². The molecule has 0 aromatic heterocycles.